The maximum atomic E-state index is 13.3. The summed E-state index contributed by atoms with van der Waals surface area (Å²) in [5, 5.41) is 12.0. The molecule has 4 rings (SSSR count). The van der Waals surface area contributed by atoms with E-state index >= 15 is 0 Å². The molecule has 0 saturated carbocycles. The van der Waals surface area contributed by atoms with E-state index in [1.165, 1.54) is 0 Å². The van der Waals surface area contributed by atoms with Crippen LogP contribution in [0.25, 0.3) is 5.76 Å². The monoisotopic (exact) mass is 532 g/mol. The summed E-state index contributed by atoms with van der Waals surface area (Å²) < 4.78 is 5.97. The molecule has 1 aliphatic heterocycles. The van der Waals surface area contributed by atoms with Gasteiger partial charge in [-0.05, 0) is 67.0 Å². The highest BCUT2D eigenvalue weighted by atomic mass is 35.5. The van der Waals surface area contributed by atoms with Gasteiger partial charge in [0.05, 0.1) is 11.6 Å². The number of benzene rings is 3. The van der Waals surface area contributed by atoms with Crippen LogP contribution >= 0.6 is 11.6 Å². The molecule has 1 heterocycles. The number of aryl methyl sites for hydroxylation is 1. The van der Waals surface area contributed by atoms with E-state index in [9.17, 15) is 14.7 Å². The number of aliphatic hydroxyl groups is 1. The van der Waals surface area contributed by atoms with Gasteiger partial charge in [-0.3, -0.25) is 9.59 Å². The molecule has 1 fully saturated rings. The smallest absolute Gasteiger partial charge is 0.295 e. The van der Waals surface area contributed by atoms with Crippen molar-refractivity contribution in [3.05, 3.63) is 106 Å². The molecule has 3 aromatic rings. The Kier molecular flexibility index (Phi) is 8.87. The van der Waals surface area contributed by atoms with Crippen molar-refractivity contribution >= 4 is 29.1 Å². The first kappa shape index (κ1) is 27.4. The lowest BCUT2D eigenvalue weighted by molar-refractivity contribution is -0.140. The van der Waals surface area contributed by atoms with Crippen LogP contribution in [0.2, 0.25) is 5.02 Å². The van der Waals surface area contributed by atoms with E-state index in [1.807, 2.05) is 37.3 Å². The minimum absolute atomic E-state index is 0.0780. The molecule has 0 bridgehead atoms. The van der Waals surface area contributed by atoms with Gasteiger partial charge in [0.2, 0.25) is 0 Å². The molecule has 1 saturated heterocycles. The SMILES string of the molecule is CCN(CC)CCN1C(=O)C(=O)/C(=C(/O)c2ccc(OCc3ccccc3)c(C)c2)[C@H]1c1ccc(Cl)cc1. The third-order valence-electron chi connectivity index (χ3n) is 6.96. The Hall–Kier alpha value is -3.61. The number of ether oxygens (including phenoxy) is 1. The van der Waals surface area contributed by atoms with Crippen molar-refractivity contribution < 1.29 is 19.4 Å². The number of likely N-dealkylation sites (N-methyl/N-ethyl adjacent to an activating group) is 1. The number of ketones is 1. The lowest BCUT2D eigenvalue weighted by Gasteiger charge is -2.28. The summed E-state index contributed by atoms with van der Waals surface area (Å²) in [5.41, 5.74) is 3.11. The lowest BCUT2D eigenvalue weighted by atomic mass is 9.95. The number of halogens is 1. The topological polar surface area (TPSA) is 70.1 Å². The Labute approximate surface area is 229 Å². The predicted octanol–water partition coefficient (Wildman–Crippen LogP) is 5.99. The molecule has 1 amide bonds. The second-order valence-electron chi connectivity index (χ2n) is 9.33. The zero-order valence-corrected chi connectivity index (χ0v) is 22.7. The number of Topliss-reactive ketones (excluding diaryl/α,β-unsaturated/α-hetero) is 1. The van der Waals surface area contributed by atoms with Crippen LogP contribution in [0, 0.1) is 6.92 Å². The third-order valence-corrected chi connectivity index (χ3v) is 7.21. The zero-order chi connectivity index (χ0) is 27.2. The molecule has 0 radical (unpaired) electrons. The summed E-state index contributed by atoms with van der Waals surface area (Å²) in [7, 11) is 0. The van der Waals surface area contributed by atoms with Crippen molar-refractivity contribution in [3.63, 3.8) is 0 Å². The number of aliphatic hydroxyl groups excluding tert-OH is 1. The predicted molar refractivity (Wildman–Crippen MR) is 150 cm³/mol. The first-order valence-corrected chi connectivity index (χ1v) is 13.3. The van der Waals surface area contributed by atoms with Gasteiger partial charge >= 0.3 is 0 Å². The molecule has 7 heteroatoms. The van der Waals surface area contributed by atoms with Crippen LogP contribution in [-0.4, -0.2) is 52.8 Å². The Morgan fingerprint density at radius 3 is 2.32 bits per heavy atom. The van der Waals surface area contributed by atoms with E-state index in [-0.39, 0.29) is 11.3 Å². The Morgan fingerprint density at radius 2 is 1.68 bits per heavy atom. The van der Waals surface area contributed by atoms with Crippen LogP contribution in [0.4, 0.5) is 0 Å². The maximum Gasteiger partial charge on any atom is 0.295 e. The van der Waals surface area contributed by atoms with E-state index in [0.717, 1.165) is 24.2 Å². The van der Waals surface area contributed by atoms with Gasteiger partial charge in [0.25, 0.3) is 11.7 Å². The molecule has 0 spiro atoms. The van der Waals surface area contributed by atoms with Gasteiger partial charge in [-0.25, -0.2) is 0 Å². The summed E-state index contributed by atoms with van der Waals surface area (Å²) in [6.07, 6.45) is 0. The number of rotatable bonds is 10. The van der Waals surface area contributed by atoms with E-state index in [2.05, 4.69) is 18.7 Å². The fraction of sp³-hybridized carbons (Fsp3) is 0.290. The molecule has 0 aromatic heterocycles. The number of hydrogen-bond donors (Lipinski definition) is 1. The first-order chi connectivity index (χ1) is 18.3. The summed E-state index contributed by atoms with van der Waals surface area (Å²) >= 11 is 6.12. The molecule has 3 aromatic carbocycles. The second kappa shape index (κ2) is 12.3. The molecule has 198 valence electrons. The lowest BCUT2D eigenvalue weighted by Crippen LogP contribution is -2.38. The van der Waals surface area contributed by atoms with Gasteiger partial charge in [-0.2, -0.15) is 0 Å². The van der Waals surface area contributed by atoms with E-state index in [1.54, 1.807) is 47.4 Å². The van der Waals surface area contributed by atoms with Crippen molar-refractivity contribution in [2.45, 2.75) is 33.4 Å². The Bertz CT molecular complexity index is 1320. The third kappa shape index (κ3) is 5.93. The summed E-state index contributed by atoms with van der Waals surface area (Å²) in [5.74, 6) is -0.826. The van der Waals surface area contributed by atoms with Crippen molar-refractivity contribution in [1.82, 2.24) is 9.80 Å². The molecule has 38 heavy (non-hydrogen) atoms. The van der Waals surface area contributed by atoms with Gasteiger partial charge in [0.1, 0.15) is 18.1 Å². The standard InChI is InChI=1S/C31H33ClN2O4/c1-4-33(5-2)17-18-34-28(23-11-14-25(32)15-12-23)27(30(36)31(34)37)29(35)24-13-16-26(21(3)19-24)38-20-22-9-7-6-8-10-22/h6-16,19,28,35H,4-5,17-18,20H2,1-3H3/b29-27+/t28-/m1/s1. The Morgan fingerprint density at radius 1 is 1.00 bits per heavy atom. The molecule has 1 aliphatic rings. The minimum atomic E-state index is -0.711. The summed E-state index contributed by atoms with van der Waals surface area (Å²) in [6, 6.07) is 21.5. The van der Waals surface area contributed by atoms with Crippen LogP contribution in [0.1, 0.15) is 42.1 Å². The second-order valence-corrected chi connectivity index (χ2v) is 9.76. The Balaban J connectivity index is 1.68. The normalized spacial score (nSPS) is 16.9. The van der Waals surface area contributed by atoms with Crippen LogP contribution in [0.3, 0.4) is 0 Å². The highest BCUT2D eigenvalue weighted by Gasteiger charge is 2.46. The largest absolute Gasteiger partial charge is 0.507 e. The molecule has 1 atom stereocenters. The number of nitrogens with zero attached hydrogens (tertiary/aromatic N) is 2. The average Bonchev–Trinajstić information content (AvgIpc) is 3.18. The molecular weight excluding hydrogens is 500 g/mol. The van der Waals surface area contributed by atoms with Crippen LogP contribution in [0.15, 0.2) is 78.4 Å². The van der Waals surface area contributed by atoms with Gasteiger partial charge in [0.15, 0.2) is 0 Å². The van der Waals surface area contributed by atoms with Crippen LogP contribution < -0.4 is 4.74 Å². The quantitative estimate of drug-likeness (QED) is 0.197. The first-order valence-electron chi connectivity index (χ1n) is 12.9. The van der Waals surface area contributed by atoms with E-state index in [0.29, 0.717) is 41.6 Å². The fourth-order valence-corrected chi connectivity index (χ4v) is 4.87. The van der Waals surface area contributed by atoms with Crippen molar-refractivity contribution in [2.75, 3.05) is 26.2 Å². The fourth-order valence-electron chi connectivity index (χ4n) is 4.74. The van der Waals surface area contributed by atoms with Crippen molar-refractivity contribution in [3.8, 4) is 5.75 Å². The summed E-state index contributed by atoms with van der Waals surface area (Å²) in [6.45, 7) is 9.08. The number of hydrogen-bond acceptors (Lipinski definition) is 5. The zero-order valence-electron chi connectivity index (χ0n) is 22.0. The van der Waals surface area contributed by atoms with Gasteiger partial charge in [-0.15, -0.1) is 0 Å². The number of likely N-dealkylation sites (tertiary alicyclic amines) is 1. The van der Waals surface area contributed by atoms with Gasteiger partial charge in [0, 0.05) is 23.7 Å². The summed E-state index contributed by atoms with van der Waals surface area (Å²) in [4.78, 5) is 30.2. The number of carbonyl (C=O) groups is 2. The van der Waals surface area contributed by atoms with Gasteiger partial charge in [-0.1, -0.05) is 67.9 Å². The van der Waals surface area contributed by atoms with Crippen LogP contribution in [-0.2, 0) is 16.2 Å². The molecule has 0 aliphatic carbocycles. The van der Waals surface area contributed by atoms with E-state index in [4.69, 9.17) is 16.3 Å². The minimum Gasteiger partial charge on any atom is -0.507 e. The van der Waals surface area contributed by atoms with Gasteiger partial charge < -0.3 is 19.6 Å². The molecule has 0 unspecified atom stereocenters. The highest BCUT2D eigenvalue weighted by molar-refractivity contribution is 6.46. The van der Waals surface area contributed by atoms with E-state index < -0.39 is 17.7 Å². The molecular formula is C31H33ClN2O4. The van der Waals surface area contributed by atoms with Crippen molar-refractivity contribution in [1.29, 1.82) is 0 Å². The number of carbonyl (C=O) groups excluding carboxylic acids is 2. The highest BCUT2D eigenvalue weighted by Crippen LogP contribution is 2.40. The van der Waals surface area contributed by atoms with Crippen LogP contribution in [0.5, 0.6) is 5.75 Å². The average molecular weight is 533 g/mol. The van der Waals surface area contributed by atoms with Crippen molar-refractivity contribution in [2.24, 2.45) is 0 Å². The molecule has 1 N–H and O–H groups in total. The number of amides is 1. The maximum absolute atomic E-state index is 13.3. The molecule has 6 nitrogen and oxygen atoms in total.